The fraction of sp³-hybridized carbons (Fsp3) is 0.0625. The van der Waals surface area contributed by atoms with Crippen molar-refractivity contribution in [1.29, 1.82) is 0 Å². The van der Waals surface area contributed by atoms with Gasteiger partial charge in [-0.2, -0.15) is 0 Å². The van der Waals surface area contributed by atoms with E-state index in [4.69, 9.17) is 15.2 Å². The standard InChI is InChI=1S/C16H16N2O2/c1-4-12-5-8-15(16(9-12)19-3)20-13-6-7-14(11(2)17)18-10-13/h4-10H,1-2,17H2,3H3. The van der Waals surface area contributed by atoms with E-state index < -0.39 is 0 Å². The van der Waals surface area contributed by atoms with Crippen LogP contribution in [0.2, 0.25) is 0 Å². The molecule has 4 nitrogen and oxygen atoms in total. The van der Waals surface area contributed by atoms with Gasteiger partial charge in [-0.25, -0.2) is 0 Å². The van der Waals surface area contributed by atoms with Crippen molar-refractivity contribution in [2.45, 2.75) is 0 Å². The summed E-state index contributed by atoms with van der Waals surface area (Å²) in [5, 5.41) is 0. The maximum Gasteiger partial charge on any atom is 0.169 e. The number of aromatic nitrogens is 1. The third-order valence-corrected chi connectivity index (χ3v) is 2.72. The minimum absolute atomic E-state index is 0.421. The second-order valence-corrected chi connectivity index (χ2v) is 4.12. The van der Waals surface area contributed by atoms with Gasteiger partial charge in [-0.1, -0.05) is 25.3 Å². The summed E-state index contributed by atoms with van der Waals surface area (Å²) in [7, 11) is 1.59. The lowest BCUT2D eigenvalue weighted by molar-refractivity contribution is 0.378. The minimum atomic E-state index is 0.421. The largest absolute Gasteiger partial charge is 0.493 e. The summed E-state index contributed by atoms with van der Waals surface area (Å²) in [6.07, 6.45) is 3.34. The molecule has 2 aromatic rings. The zero-order valence-corrected chi connectivity index (χ0v) is 11.3. The molecule has 1 aromatic heterocycles. The van der Waals surface area contributed by atoms with E-state index in [1.165, 1.54) is 0 Å². The lowest BCUT2D eigenvalue weighted by Gasteiger charge is -2.11. The van der Waals surface area contributed by atoms with Crippen molar-refractivity contribution < 1.29 is 9.47 Å². The van der Waals surface area contributed by atoms with Crippen molar-refractivity contribution in [3.63, 3.8) is 0 Å². The van der Waals surface area contributed by atoms with Crippen LogP contribution >= 0.6 is 0 Å². The molecule has 0 spiro atoms. The molecule has 4 heteroatoms. The Bertz CT molecular complexity index is 633. The molecule has 0 amide bonds. The van der Waals surface area contributed by atoms with Crippen LogP contribution in [0.1, 0.15) is 11.3 Å². The smallest absolute Gasteiger partial charge is 0.169 e. The fourth-order valence-corrected chi connectivity index (χ4v) is 1.65. The van der Waals surface area contributed by atoms with Gasteiger partial charge < -0.3 is 15.2 Å². The molecule has 1 aromatic carbocycles. The van der Waals surface area contributed by atoms with Gasteiger partial charge in [0.05, 0.1) is 24.7 Å². The first-order valence-electron chi connectivity index (χ1n) is 6.03. The van der Waals surface area contributed by atoms with Crippen LogP contribution in [0.25, 0.3) is 11.8 Å². The Hall–Kier alpha value is -2.75. The molecule has 1 heterocycles. The Kier molecular flexibility index (Phi) is 4.05. The summed E-state index contributed by atoms with van der Waals surface area (Å²) in [5.74, 6) is 1.84. The highest BCUT2D eigenvalue weighted by Gasteiger charge is 2.06. The Labute approximate surface area is 118 Å². The van der Waals surface area contributed by atoms with Gasteiger partial charge in [0, 0.05) is 0 Å². The highest BCUT2D eigenvalue weighted by atomic mass is 16.5. The third-order valence-electron chi connectivity index (χ3n) is 2.72. The number of pyridine rings is 1. The fourth-order valence-electron chi connectivity index (χ4n) is 1.65. The summed E-state index contributed by atoms with van der Waals surface area (Å²) >= 11 is 0. The van der Waals surface area contributed by atoms with Crippen LogP contribution in [0.3, 0.4) is 0 Å². The maximum absolute atomic E-state index is 5.74. The average Bonchev–Trinajstić information content (AvgIpc) is 2.48. The van der Waals surface area contributed by atoms with Crippen molar-refractivity contribution in [2.75, 3.05) is 7.11 Å². The molecule has 0 unspecified atom stereocenters. The van der Waals surface area contributed by atoms with E-state index in [0.29, 0.717) is 28.6 Å². The maximum atomic E-state index is 5.74. The van der Waals surface area contributed by atoms with Crippen molar-refractivity contribution in [3.8, 4) is 17.2 Å². The Morgan fingerprint density at radius 3 is 2.60 bits per heavy atom. The molecule has 0 aliphatic rings. The van der Waals surface area contributed by atoms with Gasteiger partial charge in [-0.05, 0) is 29.8 Å². The van der Waals surface area contributed by atoms with Crippen LogP contribution < -0.4 is 15.2 Å². The molecule has 102 valence electrons. The monoisotopic (exact) mass is 268 g/mol. The molecule has 0 fully saturated rings. The zero-order chi connectivity index (χ0) is 14.5. The molecule has 2 N–H and O–H groups in total. The summed E-state index contributed by atoms with van der Waals surface area (Å²) in [6.45, 7) is 7.35. The number of ether oxygens (including phenoxy) is 2. The van der Waals surface area contributed by atoms with Crippen LogP contribution in [0.4, 0.5) is 0 Å². The number of benzene rings is 1. The number of rotatable bonds is 5. The van der Waals surface area contributed by atoms with Crippen molar-refractivity contribution >= 4 is 11.8 Å². The van der Waals surface area contributed by atoms with Gasteiger partial charge in [-0.15, -0.1) is 0 Å². The molecular weight excluding hydrogens is 252 g/mol. The summed E-state index contributed by atoms with van der Waals surface area (Å²) in [4.78, 5) is 4.16. The van der Waals surface area contributed by atoms with Gasteiger partial charge in [-0.3, -0.25) is 4.98 Å². The molecule has 0 aliphatic heterocycles. The van der Waals surface area contributed by atoms with E-state index >= 15 is 0 Å². The number of methoxy groups -OCH3 is 1. The quantitative estimate of drug-likeness (QED) is 0.902. The first kappa shape index (κ1) is 13.7. The predicted molar refractivity (Wildman–Crippen MR) is 80.6 cm³/mol. The first-order chi connectivity index (χ1) is 9.63. The minimum Gasteiger partial charge on any atom is -0.493 e. The zero-order valence-electron chi connectivity index (χ0n) is 11.3. The second kappa shape index (κ2) is 5.93. The van der Waals surface area contributed by atoms with Crippen LogP contribution in [0.15, 0.2) is 49.7 Å². The topological polar surface area (TPSA) is 57.4 Å². The number of hydrogen-bond donors (Lipinski definition) is 1. The average molecular weight is 268 g/mol. The van der Waals surface area contributed by atoms with E-state index in [0.717, 1.165) is 5.56 Å². The van der Waals surface area contributed by atoms with Gasteiger partial charge >= 0.3 is 0 Å². The molecule has 0 aliphatic carbocycles. The molecule has 0 atom stereocenters. The third kappa shape index (κ3) is 2.98. The Morgan fingerprint density at radius 1 is 1.25 bits per heavy atom. The molecule has 0 saturated carbocycles. The number of hydrogen-bond acceptors (Lipinski definition) is 4. The van der Waals surface area contributed by atoms with E-state index in [-0.39, 0.29) is 0 Å². The Morgan fingerprint density at radius 2 is 2.05 bits per heavy atom. The van der Waals surface area contributed by atoms with Crippen LogP contribution in [-0.2, 0) is 0 Å². The Balaban J connectivity index is 2.25. The highest BCUT2D eigenvalue weighted by molar-refractivity contribution is 5.57. The van der Waals surface area contributed by atoms with Crippen molar-refractivity contribution in [1.82, 2.24) is 4.98 Å². The summed E-state index contributed by atoms with van der Waals surface area (Å²) < 4.78 is 11.0. The van der Waals surface area contributed by atoms with Gasteiger partial charge in [0.2, 0.25) is 0 Å². The van der Waals surface area contributed by atoms with Crippen LogP contribution in [-0.4, -0.2) is 12.1 Å². The van der Waals surface area contributed by atoms with Crippen molar-refractivity contribution in [3.05, 3.63) is 60.9 Å². The molecule has 0 radical (unpaired) electrons. The van der Waals surface area contributed by atoms with Gasteiger partial charge in [0.1, 0.15) is 5.75 Å². The van der Waals surface area contributed by atoms with E-state index in [1.54, 1.807) is 31.5 Å². The SMILES string of the molecule is C=Cc1ccc(Oc2ccc(C(=C)N)nc2)c(OC)c1. The van der Waals surface area contributed by atoms with E-state index in [2.05, 4.69) is 18.1 Å². The lowest BCUT2D eigenvalue weighted by atomic mass is 10.2. The molecule has 20 heavy (non-hydrogen) atoms. The van der Waals surface area contributed by atoms with E-state index in [1.807, 2.05) is 18.2 Å². The van der Waals surface area contributed by atoms with E-state index in [9.17, 15) is 0 Å². The van der Waals surface area contributed by atoms with Gasteiger partial charge in [0.15, 0.2) is 11.5 Å². The lowest BCUT2D eigenvalue weighted by Crippen LogP contribution is -1.97. The molecular formula is C16H16N2O2. The van der Waals surface area contributed by atoms with Gasteiger partial charge in [0.25, 0.3) is 0 Å². The number of nitrogens with two attached hydrogens (primary N) is 1. The predicted octanol–water partition coefficient (Wildman–Crippen LogP) is 3.45. The van der Waals surface area contributed by atoms with Crippen LogP contribution in [0, 0.1) is 0 Å². The highest BCUT2D eigenvalue weighted by Crippen LogP contribution is 2.32. The summed E-state index contributed by atoms with van der Waals surface area (Å²) in [5.41, 5.74) is 7.58. The second-order valence-electron chi connectivity index (χ2n) is 4.12. The number of nitrogens with zero attached hydrogens (tertiary/aromatic N) is 1. The summed E-state index contributed by atoms with van der Waals surface area (Å²) in [6, 6.07) is 9.11. The first-order valence-corrected chi connectivity index (χ1v) is 6.03. The molecule has 2 rings (SSSR count). The molecule has 0 bridgehead atoms. The van der Waals surface area contributed by atoms with Crippen molar-refractivity contribution in [2.24, 2.45) is 5.73 Å². The normalized spacial score (nSPS) is 9.85. The van der Waals surface area contributed by atoms with Crippen LogP contribution in [0.5, 0.6) is 17.2 Å². The molecule has 0 saturated heterocycles.